The third-order valence-electron chi connectivity index (χ3n) is 4.13. The van der Waals surface area contributed by atoms with Crippen molar-refractivity contribution in [3.8, 4) is 0 Å². The van der Waals surface area contributed by atoms with Crippen LogP contribution in [0.4, 0.5) is 5.69 Å². The van der Waals surface area contributed by atoms with Crippen LogP contribution in [0.2, 0.25) is 0 Å². The highest BCUT2D eigenvalue weighted by Gasteiger charge is 2.18. The molecule has 0 saturated heterocycles. The summed E-state index contributed by atoms with van der Waals surface area (Å²) in [7, 11) is -2.15. The van der Waals surface area contributed by atoms with Gasteiger partial charge in [0.1, 0.15) is 0 Å². The summed E-state index contributed by atoms with van der Waals surface area (Å²) >= 11 is 0. The smallest absolute Gasteiger partial charge is 0.261 e. The number of sulfonamides is 1. The van der Waals surface area contributed by atoms with Crippen molar-refractivity contribution in [3.05, 3.63) is 59.7 Å². The maximum atomic E-state index is 12.6. The molecule has 0 spiro atoms. The van der Waals surface area contributed by atoms with Gasteiger partial charge in [0.25, 0.3) is 15.9 Å². The number of benzene rings is 2. The number of carbonyl (C=O) groups is 2. The molecule has 0 atom stereocenters. The SMILES string of the molecule is CCCCN(C)C(=O)c1cccc(S(=O)(=O)Nc2ccc(C(C)=O)cc2)c1. The molecule has 1 N–H and O–H groups in total. The van der Waals surface area contributed by atoms with Crippen LogP contribution >= 0.6 is 0 Å². The van der Waals surface area contributed by atoms with Crippen molar-refractivity contribution in [3.63, 3.8) is 0 Å². The van der Waals surface area contributed by atoms with Crippen LogP contribution in [0.15, 0.2) is 53.4 Å². The van der Waals surface area contributed by atoms with Crippen LogP contribution in [0.5, 0.6) is 0 Å². The van der Waals surface area contributed by atoms with Crippen molar-refractivity contribution in [1.82, 2.24) is 4.90 Å². The first-order chi connectivity index (χ1) is 12.7. The van der Waals surface area contributed by atoms with Crippen LogP contribution in [0.1, 0.15) is 47.4 Å². The third-order valence-corrected chi connectivity index (χ3v) is 5.51. The lowest BCUT2D eigenvalue weighted by Crippen LogP contribution is -2.28. The third kappa shape index (κ3) is 5.40. The summed E-state index contributed by atoms with van der Waals surface area (Å²) in [5, 5.41) is 0. The average Bonchev–Trinajstić information content (AvgIpc) is 2.65. The van der Waals surface area contributed by atoms with E-state index in [2.05, 4.69) is 4.72 Å². The van der Waals surface area contributed by atoms with Crippen molar-refractivity contribution >= 4 is 27.4 Å². The fraction of sp³-hybridized carbons (Fsp3) is 0.300. The van der Waals surface area contributed by atoms with E-state index in [9.17, 15) is 18.0 Å². The van der Waals surface area contributed by atoms with Crippen molar-refractivity contribution < 1.29 is 18.0 Å². The number of nitrogens with zero attached hydrogens (tertiary/aromatic N) is 1. The maximum absolute atomic E-state index is 12.6. The Bertz CT molecular complexity index is 921. The topological polar surface area (TPSA) is 83.6 Å². The number of hydrogen-bond donors (Lipinski definition) is 1. The zero-order valence-electron chi connectivity index (χ0n) is 15.7. The van der Waals surface area contributed by atoms with E-state index in [0.29, 0.717) is 23.4 Å². The van der Waals surface area contributed by atoms with E-state index >= 15 is 0 Å². The molecule has 0 aromatic heterocycles. The minimum absolute atomic E-state index is 0.00730. The molecule has 0 aliphatic heterocycles. The summed E-state index contributed by atoms with van der Waals surface area (Å²) in [5.74, 6) is -0.311. The molecule has 6 nitrogen and oxygen atoms in total. The Hall–Kier alpha value is -2.67. The Kier molecular flexibility index (Phi) is 6.74. The van der Waals surface area contributed by atoms with Crippen LogP contribution in [0.25, 0.3) is 0 Å². The number of ketones is 1. The molecule has 2 rings (SSSR count). The van der Waals surface area contributed by atoms with Crippen molar-refractivity contribution in [1.29, 1.82) is 0 Å². The quantitative estimate of drug-likeness (QED) is 0.701. The standard InChI is InChI=1S/C20H24N2O4S/c1-4-5-13-22(3)20(24)17-7-6-8-19(14-17)27(25,26)21-18-11-9-16(10-12-18)15(2)23/h6-12,14,21H,4-5,13H2,1-3H3. The first-order valence-electron chi connectivity index (χ1n) is 8.74. The number of amides is 1. The van der Waals surface area contributed by atoms with E-state index in [1.54, 1.807) is 36.2 Å². The normalized spacial score (nSPS) is 11.1. The lowest BCUT2D eigenvalue weighted by atomic mass is 10.1. The second-order valence-corrected chi connectivity index (χ2v) is 8.03. The minimum atomic E-state index is -3.85. The van der Waals surface area contributed by atoms with Gasteiger partial charge in [-0.05, 0) is 55.8 Å². The number of anilines is 1. The summed E-state index contributed by atoms with van der Waals surface area (Å²) < 4.78 is 27.7. The molecule has 0 fully saturated rings. The van der Waals surface area contributed by atoms with E-state index in [1.165, 1.54) is 31.2 Å². The Balaban J connectivity index is 2.21. The Morgan fingerprint density at radius 3 is 2.30 bits per heavy atom. The first kappa shape index (κ1) is 20.6. The maximum Gasteiger partial charge on any atom is 0.261 e. The Labute approximate surface area is 160 Å². The van der Waals surface area contributed by atoms with E-state index < -0.39 is 10.0 Å². The predicted molar refractivity (Wildman–Crippen MR) is 106 cm³/mol. The first-order valence-corrected chi connectivity index (χ1v) is 10.2. The molecule has 0 bridgehead atoms. The minimum Gasteiger partial charge on any atom is -0.342 e. The molecule has 2 aromatic rings. The van der Waals surface area contributed by atoms with Gasteiger partial charge in [0.15, 0.2) is 5.78 Å². The molecule has 2 aromatic carbocycles. The molecular formula is C20H24N2O4S. The van der Waals surface area contributed by atoms with Gasteiger partial charge in [0.05, 0.1) is 4.90 Å². The molecule has 1 amide bonds. The Morgan fingerprint density at radius 2 is 1.70 bits per heavy atom. The molecule has 0 unspecified atom stereocenters. The van der Waals surface area contributed by atoms with E-state index in [0.717, 1.165) is 12.8 Å². The van der Waals surface area contributed by atoms with Gasteiger partial charge in [0, 0.05) is 30.4 Å². The number of carbonyl (C=O) groups excluding carboxylic acids is 2. The second-order valence-electron chi connectivity index (χ2n) is 6.35. The molecule has 0 aliphatic rings. The van der Waals surface area contributed by atoms with Crippen LogP contribution in [0.3, 0.4) is 0 Å². The average molecular weight is 388 g/mol. The van der Waals surface area contributed by atoms with Gasteiger partial charge < -0.3 is 4.90 Å². The molecule has 144 valence electrons. The fourth-order valence-corrected chi connectivity index (χ4v) is 3.60. The van der Waals surface area contributed by atoms with E-state index in [1.807, 2.05) is 6.92 Å². The van der Waals surface area contributed by atoms with Crippen molar-refractivity contribution in [2.75, 3.05) is 18.3 Å². The van der Waals surface area contributed by atoms with Crippen LogP contribution in [0, 0.1) is 0 Å². The van der Waals surface area contributed by atoms with Gasteiger partial charge >= 0.3 is 0 Å². The lowest BCUT2D eigenvalue weighted by molar-refractivity contribution is 0.0793. The molecule has 0 heterocycles. The second kappa shape index (κ2) is 8.81. The number of hydrogen-bond acceptors (Lipinski definition) is 4. The number of Topliss-reactive ketones (excluding diaryl/α,β-unsaturated/α-hetero) is 1. The van der Waals surface area contributed by atoms with Crippen LogP contribution < -0.4 is 4.72 Å². The molecule has 0 radical (unpaired) electrons. The monoisotopic (exact) mass is 388 g/mol. The van der Waals surface area contributed by atoms with Gasteiger partial charge in [-0.2, -0.15) is 0 Å². The Morgan fingerprint density at radius 1 is 1.04 bits per heavy atom. The van der Waals surface area contributed by atoms with Crippen molar-refractivity contribution in [2.24, 2.45) is 0 Å². The highest BCUT2D eigenvalue weighted by Crippen LogP contribution is 2.18. The van der Waals surface area contributed by atoms with Crippen molar-refractivity contribution in [2.45, 2.75) is 31.6 Å². The molecule has 7 heteroatoms. The summed E-state index contributed by atoms with van der Waals surface area (Å²) in [6.07, 6.45) is 1.86. The highest BCUT2D eigenvalue weighted by atomic mass is 32.2. The van der Waals surface area contributed by atoms with Gasteiger partial charge in [0.2, 0.25) is 0 Å². The molecular weight excluding hydrogens is 364 g/mol. The summed E-state index contributed by atoms with van der Waals surface area (Å²) in [5.41, 5.74) is 1.17. The molecule has 0 aliphatic carbocycles. The fourth-order valence-electron chi connectivity index (χ4n) is 2.50. The largest absolute Gasteiger partial charge is 0.342 e. The lowest BCUT2D eigenvalue weighted by Gasteiger charge is -2.17. The van der Waals surface area contributed by atoms with Gasteiger partial charge in [-0.3, -0.25) is 14.3 Å². The number of rotatable bonds is 8. The van der Waals surface area contributed by atoms with E-state index in [-0.39, 0.29) is 16.6 Å². The molecule has 27 heavy (non-hydrogen) atoms. The highest BCUT2D eigenvalue weighted by molar-refractivity contribution is 7.92. The van der Waals surface area contributed by atoms with Crippen LogP contribution in [-0.2, 0) is 10.0 Å². The van der Waals surface area contributed by atoms with Gasteiger partial charge in [-0.1, -0.05) is 19.4 Å². The summed E-state index contributed by atoms with van der Waals surface area (Å²) in [6, 6.07) is 12.1. The van der Waals surface area contributed by atoms with E-state index in [4.69, 9.17) is 0 Å². The predicted octanol–water partition coefficient (Wildman–Crippen LogP) is 3.56. The zero-order valence-corrected chi connectivity index (χ0v) is 16.5. The van der Waals surface area contributed by atoms with Gasteiger partial charge in [-0.25, -0.2) is 8.42 Å². The number of nitrogens with one attached hydrogen (secondary N) is 1. The molecule has 0 saturated carbocycles. The number of unbranched alkanes of at least 4 members (excludes halogenated alkanes) is 1. The van der Waals surface area contributed by atoms with Crippen LogP contribution in [-0.4, -0.2) is 38.6 Å². The summed E-state index contributed by atoms with van der Waals surface area (Å²) in [6.45, 7) is 4.10. The van der Waals surface area contributed by atoms with Gasteiger partial charge in [-0.15, -0.1) is 0 Å². The zero-order chi connectivity index (χ0) is 20.0. The summed E-state index contributed by atoms with van der Waals surface area (Å²) in [4.78, 5) is 25.4.